The summed E-state index contributed by atoms with van der Waals surface area (Å²) < 4.78 is 6.00. The fourth-order valence-electron chi connectivity index (χ4n) is 3.49. The average Bonchev–Trinajstić information content (AvgIpc) is 2.52. The maximum Gasteiger partial charge on any atom is 0.410 e. The normalized spacial score (nSPS) is 28.7. The van der Waals surface area contributed by atoms with E-state index in [-0.39, 0.29) is 36.3 Å². The Balaban J connectivity index is 2.05. The first-order valence-corrected chi connectivity index (χ1v) is 8.91. The predicted molar refractivity (Wildman–Crippen MR) is 94.1 cm³/mol. The van der Waals surface area contributed by atoms with Crippen LogP contribution in [0.4, 0.5) is 4.79 Å². The summed E-state index contributed by atoms with van der Waals surface area (Å²) >= 11 is 0. The summed E-state index contributed by atoms with van der Waals surface area (Å²) in [4.78, 5) is 18.8. The van der Waals surface area contributed by atoms with E-state index in [1.165, 1.54) is 0 Å². The molecule has 0 aromatic carbocycles. The van der Waals surface area contributed by atoms with Crippen LogP contribution in [-0.4, -0.2) is 104 Å². The zero-order valence-corrected chi connectivity index (χ0v) is 15.8. The molecule has 2 saturated heterocycles. The molecule has 0 radical (unpaired) electrons. The van der Waals surface area contributed by atoms with Crippen molar-refractivity contribution in [1.82, 2.24) is 20.0 Å². The van der Waals surface area contributed by atoms with Crippen molar-refractivity contribution in [3.63, 3.8) is 0 Å². The number of amides is 1. The highest BCUT2D eigenvalue weighted by atomic mass is 16.6. The molecule has 0 spiro atoms. The molecular formula is C17H34N4O3. The number of piperazine rings is 2. The molecule has 2 heterocycles. The van der Waals surface area contributed by atoms with E-state index >= 15 is 0 Å². The number of carbonyl (C=O) groups excluding carboxylic acids is 1. The van der Waals surface area contributed by atoms with Crippen LogP contribution in [0.1, 0.15) is 20.8 Å². The molecule has 0 bridgehead atoms. The van der Waals surface area contributed by atoms with Gasteiger partial charge in [0.2, 0.25) is 0 Å². The van der Waals surface area contributed by atoms with Gasteiger partial charge in [-0.1, -0.05) is 20.8 Å². The molecule has 1 amide bonds. The summed E-state index contributed by atoms with van der Waals surface area (Å²) in [6.07, 6.45) is -0.449. The van der Waals surface area contributed by atoms with Crippen LogP contribution in [0.25, 0.3) is 0 Å². The van der Waals surface area contributed by atoms with E-state index in [0.29, 0.717) is 13.1 Å². The lowest BCUT2D eigenvalue weighted by atomic mass is 9.83. The lowest BCUT2D eigenvalue weighted by molar-refractivity contribution is -0.0506. The molecular weight excluding hydrogens is 308 g/mol. The van der Waals surface area contributed by atoms with Gasteiger partial charge in [-0.3, -0.25) is 9.80 Å². The van der Waals surface area contributed by atoms with Gasteiger partial charge in [0.05, 0.1) is 18.7 Å². The topological polar surface area (TPSA) is 68.3 Å². The lowest BCUT2D eigenvalue weighted by Gasteiger charge is -2.44. The first-order chi connectivity index (χ1) is 11.2. The molecule has 2 aliphatic rings. The van der Waals surface area contributed by atoms with Gasteiger partial charge in [-0.25, -0.2) is 4.79 Å². The van der Waals surface area contributed by atoms with Crippen molar-refractivity contribution >= 4 is 6.09 Å². The van der Waals surface area contributed by atoms with Gasteiger partial charge in [-0.05, 0) is 14.1 Å². The van der Waals surface area contributed by atoms with Crippen molar-refractivity contribution in [2.45, 2.75) is 39.0 Å². The Morgan fingerprint density at radius 2 is 1.96 bits per heavy atom. The Morgan fingerprint density at radius 1 is 1.25 bits per heavy atom. The van der Waals surface area contributed by atoms with Crippen molar-refractivity contribution in [1.29, 1.82) is 0 Å². The second-order valence-corrected chi connectivity index (χ2v) is 8.19. The second-order valence-electron chi connectivity index (χ2n) is 8.19. The van der Waals surface area contributed by atoms with Crippen LogP contribution in [0.2, 0.25) is 0 Å². The van der Waals surface area contributed by atoms with Gasteiger partial charge in [-0.15, -0.1) is 0 Å². The van der Waals surface area contributed by atoms with Gasteiger partial charge in [0.15, 0.2) is 0 Å². The van der Waals surface area contributed by atoms with E-state index in [0.717, 1.165) is 26.2 Å². The molecule has 2 aliphatic heterocycles. The Morgan fingerprint density at radius 3 is 2.54 bits per heavy atom. The number of rotatable bonds is 3. The van der Waals surface area contributed by atoms with Crippen molar-refractivity contribution < 1.29 is 14.6 Å². The summed E-state index contributed by atoms with van der Waals surface area (Å²) in [5.74, 6) is 0. The van der Waals surface area contributed by atoms with Crippen LogP contribution in [0.3, 0.4) is 0 Å². The molecule has 0 aliphatic carbocycles. The van der Waals surface area contributed by atoms with Crippen molar-refractivity contribution in [3.8, 4) is 0 Å². The van der Waals surface area contributed by atoms with Crippen LogP contribution >= 0.6 is 0 Å². The Bertz CT molecular complexity index is 427. The van der Waals surface area contributed by atoms with Gasteiger partial charge < -0.3 is 20.1 Å². The predicted octanol–water partition coefficient (Wildman–Crippen LogP) is 0.0496. The van der Waals surface area contributed by atoms with Crippen LogP contribution in [0.5, 0.6) is 0 Å². The number of nitrogens with zero attached hydrogens (tertiary/aromatic N) is 3. The first-order valence-electron chi connectivity index (χ1n) is 8.91. The first kappa shape index (κ1) is 19.4. The van der Waals surface area contributed by atoms with Gasteiger partial charge in [0.25, 0.3) is 0 Å². The molecule has 2 N–H and O–H groups in total. The maximum absolute atomic E-state index is 12.7. The number of hydrogen-bond acceptors (Lipinski definition) is 6. The number of ether oxygens (including phenoxy) is 1. The van der Waals surface area contributed by atoms with E-state index < -0.39 is 0 Å². The summed E-state index contributed by atoms with van der Waals surface area (Å²) in [5, 5.41) is 12.9. The van der Waals surface area contributed by atoms with Gasteiger partial charge in [0.1, 0.15) is 6.10 Å². The number of aliphatic hydroxyl groups is 1. The van der Waals surface area contributed by atoms with Gasteiger partial charge in [-0.2, -0.15) is 0 Å². The van der Waals surface area contributed by atoms with E-state index in [9.17, 15) is 9.90 Å². The summed E-state index contributed by atoms with van der Waals surface area (Å²) in [6.45, 7) is 11.1. The summed E-state index contributed by atoms with van der Waals surface area (Å²) in [7, 11) is 4.07. The minimum Gasteiger partial charge on any atom is -0.444 e. The molecule has 24 heavy (non-hydrogen) atoms. The number of aliphatic hydroxyl groups excluding tert-OH is 1. The molecule has 7 heteroatoms. The molecule has 0 aromatic rings. The Hall–Kier alpha value is -0.890. The second kappa shape index (κ2) is 7.99. The zero-order valence-electron chi connectivity index (χ0n) is 15.8. The third kappa shape index (κ3) is 4.59. The van der Waals surface area contributed by atoms with Crippen molar-refractivity contribution in [2.75, 3.05) is 60.0 Å². The molecule has 0 saturated carbocycles. The minimum absolute atomic E-state index is 0.0154. The van der Waals surface area contributed by atoms with Gasteiger partial charge in [0, 0.05) is 44.7 Å². The quantitative estimate of drug-likeness (QED) is 0.755. The Labute approximate surface area is 145 Å². The number of hydrogen-bond donors (Lipinski definition) is 2. The van der Waals surface area contributed by atoms with E-state index in [1.54, 1.807) is 4.90 Å². The summed E-state index contributed by atoms with van der Waals surface area (Å²) in [5.41, 5.74) is -0.142. The minimum atomic E-state index is -0.263. The largest absolute Gasteiger partial charge is 0.444 e. The standard InChI is InChI=1S/C17H34N4O3/c1-17(2,3)15(14-10-18-6-7-20(14)5)24-16(23)21-9-8-19(4)13(11-21)12-22/h13-15,18,22H,6-12H2,1-5H3/t13-,14-,15?/m0/s1. The molecule has 0 aromatic heterocycles. The number of likely N-dealkylation sites (N-methyl/N-ethyl adjacent to an activating group) is 2. The SMILES string of the molecule is CN1CCN(C(=O)OC([C@@H]2CNCCN2C)C(C)(C)C)C[C@H]1CO. The van der Waals surface area contributed by atoms with Crippen molar-refractivity contribution in [3.05, 3.63) is 0 Å². The monoisotopic (exact) mass is 342 g/mol. The van der Waals surface area contributed by atoms with Gasteiger partial charge >= 0.3 is 6.09 Å². The number of carbonyl (C=O) groups is 1. The molecule has 3 atom stereocenters. The van der Waals surface area contributed by atoms with Crippen LogP contribution in [0.15, 0.2) is 0 Å². The molecule has 1 unspecified atom stereocenters. The van der Waals surface area contributed by atoms with Crippen LogP contribution < -0.4 is 5.32 Å². The molecule has 7 nitrogen and oxygen atoms in total. The highest BCUT2D eigenvalue weighted by Gasteiger charge is 2.40. The maximum atomic E-state index is 12.7. The van der Waals surface area contributed by atoms with E-state index in [2.05, 4.69) is 42.9 Å². The highest BCUT2D eigenvalue weighted by Crippen LogP contribution is 2.28. The molecule has 2 rings (SSSR count). The van der Waals surface area contributed by atoms with Crippen molar-refractivity contribution in [2.24, 2.45) is 5.41 Å². The molecule has 140 valence electrons. The lowest BCUT2D eigenvalue weighted by Crippen LogP contribution is -2.60. The Kier molecular flexibility index (Phi) is 6.47. The van der Waals surface area contributed by atoms with E-state index in [1.807, 2.05) is 7.05 Å². The third-order valence-electron chi connectivity index (χ3n) is 5.24. The zero-order chi connectivity index (χ0) is 17.9. The number of nitrogens with one attached hydrogen (secondary N) is 1. The van der Waals surface area contributed by atoms with E-state index in [4.69, 9.17) is 4.74 Å². The summed E-state index contributed by atoms with van der Waals surface area (Å²) in [6, 6.07) is 0.155. The average molecular weight is 342 g/mol. The third-order valence-corrected chi connectivity index (χ3v) is 5.24. The smallest absolute Gasteiger partial charge is 0.410 e. The fraction of sp³-hybridized carbons (Fsp3) is 0.941. The van der Waals surface area contributed by atoms with Crippen LogP contribution in [0, 0.1) is 5.41 Å². The molecule has 2 fully saturated rings. The fourth-order valence-corrected chi connectivity index (χ4v) is 3.49. The van der Waals surface area contributed by atoms with Crippen LogP contribution in [-0.2, 0) is 4.74 Å². The highest BCUT2D eigenvalue weighted by molar-refractivity contribution is 5.68.